The Morgan fingerprint density at radius 3 is 2.04 bits per heavy atom. The Labute approximate surface area is 166 Å². The minimum Gasteiger partial charge on any atom is -0.378 e. The molecule has 1 fully saturated rings. The van der Waals surface area contributed by atoms with Crippen LogP contribution in [-0.2, 0) is 5.60 Å². The van der Waals surface area contributed by atoms with Crippen molar-refractivity contribution in [2.75, 3.05) is 6.54 Å². The van der Waals surface area contributed by atoms with Crippen LogP contribution in [0, 0.1) is 5.92 Å². The van der Waals surface area contributed by atoms with Gasteiger partial charge >= 0.3 is 0 Å². The average Bonchev–Trinajstić information content (AvgIpc) is 3.29. The highest BCUT2D eigenvalue weighted by Gasteiger charge is 2.42. The summed E-state index contributed by atoms with van der Waals surface area (Å²) in [6.45, 7) is 0.891. The lowest BCUT2D eigenvalue weighted by Gasteiger charge is -2.38. The zero-order chi connectivity index (χ0) is 19.2. The quantitative estimate of drug-likeness (QED) is 0.651. The first-order valence-electron chi connectivity index (χ1n) is 10.1. The largest absolute Gasteiger partial charge is 0.378 e. The summed E-state index contributed by atoms with van der Waals surface area (Å²) in [6.07, 6.45) is 12.1. The van der Waals surface area contributed by atoms with Gasteiger partial charge in [-0.25, -0.2) is 0 Å². The number of hydrogen-bond acceptors (Lipinski definition) is 4. The second kappa shape index (κ2) is 8.63. The van der Waals surface area contributed by atoms with E-state index in [1.807, 2.05) is 42.5 Å². The Balaban J connectivity index is 1.78. The van der Waals surface area contributed by atoms with Crippen molar-refractivity contribution in [1.29, 1.82) is 0 Å². The van der Waals surface area contributed by atoms with Gasteiger partial charge < -0.3 is 10.4 Å². The summed E-state index contributed by atoms with van der Waals surface area (Å²) >= 11 is 0. The fraction of sp³-hybridized carbons (Fsp3) is 0.333. The molecule has 1 aliphatic rings. The van der Waals surface area contributed by atoms with E-state index in [4.69, 9.17) is 0 Å². The maximum Gasteiger partial charge on any atom is 0.137 e. The van der Waals surface area contributed by atoms with E-state index in [9.17, 15) is 5.11 Å². The molecule has 0 saturated heterocycles. The minimum absolute atomic E-state index is 0.303. The molecule has 4 rings (SSSR count). The van der Waals surface area contributed by atoms with E-state index in [-0.39, 0.29) is 6.04 Å². The lowest BCUT2D eigenvalue weighted by atomic mass is 9.78. The first kappa shape index (κ1) is 18.8. The molecule has 4 heteroatoms. The van der Waals surface area contributed by atoms with E-state index < -0.39 is 5.60 Å². The summed E-state index contributed by atoms with van der Waals surface area (Å²) in [5.41, 5.74) is 1.30. The van der Waals surface area contributed by atoms with Crippen LogP contribution in [0.15, 0.2) is 79.4 Å². The maximum absolute atomic E-state index is 12.2. The molecule has 1 atom stereocenters. The highest BCUT2D eigenvalue weighted by atomic mass is 16.3. The zero-order valence-corrected chi connectivity index (χ0v) is 16.0. The van der Waals surface area contributed by atoms with E-state index in [1.165, 1.54) is 25.7 Å². The molecule has 2 N–H and O–H groups in total. The molecule has 1 aromatic carbocycles. The molecule has 3 aromatic rings. The third kappa shape index (κ3) is 3.84. The number of pyridine rings is 2. The van der Waals surface area contributed by atoms with Gasteiger partial charge in [0.2, 0.25) is 0 Å². The first-order chi connectivity index (χ1) is 13.8. The fourth-order valence-corrected chi connectivity index (χ4v) is 4.33. The summed E-state index contributed by atoms with van der Waals surface area (Å²) in [5, 5.41) is 15.9. The van der Waals surface area contributed by atoms with Crippen LogP contribution in [0.25, 0.3) is 0 Å². The van der Waals surface area contributed by atoms with Crippen LogP contribution in [0.5, 0.6) is 0 Å². The molecule has 144 valence electrons. The molecule has 28 heavy (non-hydrogen) atoms. The highest BCUT2D eigenvalue weighted by Crippen LogP contribution is 2.41. The molecule has 2 aromatic heterocycles. The van der Waals surface area contributed by atoms with E-state index in [1.54, 1.807) is 24.8 Å². The van der Waals surface area contributed by atoms with Gasteiger partial charge in [-0.15, -0.1) is 0 Å². The number of benzene rings is 1. The summed E-state index contributed by atoms with van der Waals surface area (Å²) in [4.78, 5) is 8.56. The topological polar surface area (TPSA) is 58.0 Å². The van der Waals surface area contributed by atoms with Gasteiger partial charge in [-0.1, -0.05) is 55.3 Å². The number of nitrogens with zero attached hydrogens (tertiary/aromatic N) is 2. The van der Waals surface area contributed by atoms with Gasteiger partial charge in [0.15, 0.2) is 0 Å². The summed E-state index contributed by atoms with van der Waals surface area (Å²) in [5.74, 6) is 0.665. The van der Waals surface area contributed by atoms with Gasteiger partial charge in [-0.2, -0.15) is 0 Å². The predicted molar refractivity (Wildman–Crippen MR) is 111 cm³/mol. The molecule has 1 saturated carbocycles. The third-order valence-corrected chi connectivity index (χ3v) is 5.84. The Morgan fingerprint density at radius 2 is 1.50 bits per heavy atom. The smallest absolute Gasteiger partial charge is 0.137 e. The van der Waals surface area contributed by atoms with Crippen LogP contribution in [0.1, 0.15) is 48.4 Å². The first-order valence-corrected chi connectivity index (χ1v) is 10.1. The molecular weight excluding hydrogens is 346 g/mol. The second-order valence-corrected chi connectivity index (χ2v) is 7.65. The number of aromatic nitrogens is 2. The van der Waals surface area contributed by atoms with Crippen LogP contribution in [0.4, 0.5) is 0 Å². The highest BCUT2D eigenvalue weighted by molar-refractivity contribution is 5.39. The Morgan fingerprint density at radius 1 is 0.893 bits per heavy atom. The molecule has 0 amide bonds. The summed E-state index contributed by atoms with van der Waals surface area (Å²) in [6, 6.07) is 17.5. The van der Waals surface area contributed by atoms with Crippen molar-refractivity contribution in [3.63, 3.8) is 0 Å². The number of aliphatic hydroxyl groups is 1. The van der Waals surface area contributed by atoms with Crippen molar-refractivity contribution in [1.82, 2.24) is 15.3 Å². The van der Waals surface area contributed by atoms with E-state index >= 15 is 0 Å². The normalized spacial score (nSPS) is 16.2. The average molecular weight is 374 g/mol. The van der Waals surface area contributed by atoms with Crippen molar-refractivity contribution in [2.45, 2.75) is 37.3 Å². The molecule has 0 bridgehead atoms. The Hall–Kier alpha value is -2.56. The standard InChI is InChI=1S/C24H27N3O/c28-24(21-12-6-14-25-17-21,22-13-7-15-26-18-22)23(20-10-2-1-3-11-20)27-16-19-8-4-5-9-19/h1-3,6-7,10-15,17-19,23,27-28H,4-5,8-9,16H2/t23-/m1/s1. The van der Waals surface area contributed by atoms with Crippen molar-refractivity contribution in [3.05, 3.63) is 96.1 Å². The molecule has 2 heterocycles. The monoisotopic (exact) mass is 373 g/mol. The Bertz CT molecular complexity index is 809. The molecule has 0 spiro atoms. The fourth-order valence-electron chi connectivity index (χ4n) is 4.33. The molecule has 0 aliphatic heterocycles. The van der Waals surface area contributed by atoms with E-state index in [0.717, 1.165) is 23.2 Å². The van der Waals surface area contributed by atoms with Crippen molar-refractivity contribution in [2.24, 2.45) is 5.92 Å². The van der Waals surface area contributed by atoms with Gasteiger partial charge in [0.25, 0.3) is 0 Å². The predicted octanol–water partition coefficient (Wildman–Crippen LogP) is 4.23. The van der Waals surface area contributed by atoms with Crippen molar-refractivity contribution >= 4 is 0 Å². The zero-order valence-electron chi connectivity index (χ0n) is 16.0. The lowest BCUT2D eigenvalue weighted by molar-refractivity contribution is 0.0341. The second-order valence-electron chi connectivity index (χ2n) is 7.65. The number of rotatable bonds is 7. The number of nitrogens with one attached hydrogen (secondary N) is 1. The maximum atomic E-state index is 12.2. The van der Waals surface area contributed by atoms with E-state index in [0.29, 0.717) is 5.92 Å². The third-order valence-electron chi connectivity index (χ3n) is 5.84. The van der Waals surface area contributed by atoms with Crippen LogP contribution in [0.2, 0.25) is 0 Å². The lowest BCUT2D eigenvalue weighted by Crippen LogP contribution is -2.44. The van der Waals surface area contributed by atoms with Crippen LogP contribution in [-0.4, -0.2) is 21.6 Å². The van der Waals surface area contributed by atoms with Crippen molar-refractivity contribution < 1.29 is 5.11 Å². The molecule has 4 nitrogen and oxygen atoms in total. The molecular formula is C24H27N3O. The SMILES string of the molecule is OC(c1cccnc1)(c1cccnc1)[C@H](NCC1CCCC1)c1ccccc1. The summed E-state index contributed by atoms with van der Waals surface area (Å²) in [7, 11) is 0. The van der Waals surface area contributed by atoms with E-state index in [2.05, 4.69) is 27.4 Å². The van der Waals surface area contributed by atoms with Crippen LogP contribution < -0.4 is 5.32 Å². The Kier molecular flexibility index (Phi) is 5.79. The van der Waals surface area contributed by atoms with Gasteiger partial charge in [-0.3, -0.25) is 9.97 Å². The molecule has 0 unspecified atom stereocenters. The van der Waals surface area contributed by atoms with Crippen LogP contribution in [0.3, 0.4) is 0 Å². The minimum atomic E-state index is -1.28. The molecule has 1 aliphatic carbocycles. The number of hydrogen-bond donors (Lipinski definition) is 2. The summed E-state index contributed by atoms with van der Waals surface area (Å²) < 4.78 is 0. The van der Waals surface area contributed by atoms with Gasteiger partial charge in [0.05, 0.1) is 6.04 Å². The van der Waals surface area contributed by atoms with Gasteiger partial charge in [-0.05, 0) is 43.0 Å². The van der Waals surface area contributed by atoms with Crippen LogP contribution >= 0.6 is 0 Å². The van der Waals surface area contributed by atoms with Crippen molar-refractivity contribution in [3.8, 4) is 0 Å². The molecule has 0 radical (unpaired) electrons. The van der Waals surface area contributed by atoms with Gasteiger partial charge in [0.1, 0.15) is 5.60 Å². The van der Waals surface area contributed by atoms with Gasteiger partial charge in [0, 0.05) is 35.9 Å².